The zero-order chi connectivity index (χ0) is 21.8. The SMILES string of the molecule is CC(C)C(C[C@@]1(C2CC2)NC(=O)NC1=O)C(=O)N1Cc2ccc(C(F)(F)F)cc2C1. The number of nitrogens with one attached hydrogen (secondary N) is 2. The molecule has 1 aromatic rings. The van der Waals surface area contributed by atoms with E-state index in [0.29, 0.717) is 11.1 Å². The Morgan fingerprint density at radius 2 is 1.87 bits per heavy atom. The molecule has 0 aromatic heterocycles. The summed E-state index contributed by atoms with van der Waals surface area (Å²) in [6, 6.07) is 3.01. The Balaban J connectivity index is 1.54. The Bertz CT molecular complexity index is 910. The maximum atomic E-state index is 13.4. The monoisotopic (exact) mass is 423 g/mol. The van der Waals surface area contributed by atoms with Crippen LogP contribution in [0.15, 0.2) is 18.2 Å². The number of amides is 4. The van der Waals surface area contributed by atoms with Crippen LogP contribution in [-0.4, -0.2) is 28.3 Å². The molecule has 0 spiro atoms. The summed E-state index contributed by atoms with van der Waals surface area (Å²) in [5.74, 6) is -1.24. The fraction of sp³-hybridized carbons (Fsp3) is 0.571. The van der Waals surface area contributed by atoms with Gasteiger partial charge < -0.3 is 10.2 Å². The number of benzene rings is 1. The topological polar surface area (TPSA) is 78.5 Å². The van der Waals surface area contributed by atoms with Gasteiger partial charge in [-0.05, 0) is 54.4 Å². The first-order chi connectivity index (χ1) is 14.0. The number of hydrogen-bond acceptors (Lipinski definition) is 3. The highest BCUT2D eigenvalue weighted by Gasteiger charge is 2.57. The molecular formula is C21H24F3N3O3. The van der Waals surface area contributed by atoms with Crippen LogP contribution in [0.4, 0.5) is 18.0 Å². The third-order valence-corrected chi connectivity index (χ3v) is 6.47. The lowest BCUT2D eigenvalue weighted by Gasteiger charge is -2.33. The Morgan fingerprint density at radius 1 is 1.20 bits per heavy atom. The average Bonchev–Trinajstić information content (AvgIpc) is 3.35. The number of carbonyl (C=O) groups is 3. The van der Waals surface area contributed by atoms with Crippen LogP contribution in [0.3, 0.4) is 0 Å². The van der Waals surface area contributed by atoms with Gasteiger partial charge in [0.15, 0.2) is 0 Å². The maximum Gasteiger partial charge on any atom is 0.416 e. The molecule has 1 saturated heterocycles. The first kappa shape index (κ1) is 20.7. The first-order valence-electron chi connectivity index (χ1n) is 10.1. The molecule has 0 bridgehead atoms. The van der Waals surface area contributed by atoms with E-state index in [1.807, 2.05) is 13.8 Å². The van der Waals surface area contributed by atoms with Gasteiger partial charge in [0.1, 0.15) is 5.54 Å². The van der Waals surface area contributed by atoms with Crippen molar-refractivity contribution in [2.75, 3.05) is 0 Å². The first-order valence-corrected chi connectivity index (χ1v) is 10.1. The van der Waals surface area contributed by atoms with Crippen molar-refractivity contribution in [3.63, 3.8) is 0 Å². The van der Waals surface area contributed by atoms with Crippen molar-refractivity contribution >= 4 is 17.8 Å². The second-order valence-corrected chi connectivity index (χ2v) is 8.88. The normalized spacial score (nSPS) is 24.7. The molecule has 4 rings (SSSR count). The second-order valence-electron chi connectivity index (χ2n) is 8.88. The van der Waals surface area contributed by atoms with Gasteiger partial charge in [-0.1, -0.05) is 19.9 Å². The van der Waals surface area contributed by atoms with E-state index in [4.69, 9.17) is 0 Å². The molecule has 2 atom stereocenters. The summed E-state index contributed by atoms with van der Waals surface area (Å²) in [5.41, 5.74) is -0.626. The molecule has 9 heteroatoms. The minimum atomic E-state index is -4.43. The Labute approximate surface area is 172 Å². The van der Waals surface area contributed by atoms with E-state index in [0.717, 1.165) is 25.0 Å². The van der Waals surface area contributed by atoms with E-state index in [1.165, 1.54) is 6.07 Å². The highest BCUT2D eigenvalue weighted by molar-refractivity contribution is 6.07. The Kier molecular flexibility index (Phi) is 4.82. The minimum Gasteiger partial charge on any atom is -0.334 e. The fourth-order valence-electron chi connectivity index (χ4n) is 4.60. The molecule has 4 amide bonds. The molecule has 6 nitrogen and oxygen atoms in total. The maximum absolute atomic E-state index is 13.4. The van der Waals surface area contributed by atoms with Gasteiger partial charge in [0, 0.05) is 19.0 Å². The van der Waals surface area contributed by atoms with Gasteiger partial charge in [0.05, 0.1) is 5.56 Å². The molecular weight excluding hydrogens is 399 g/mol. The van der Waals surface area contributed by atoms with Gasteiger partial charge >= 0.3 is 12.2 Å². The van der Waals surface area contributed by atoms with E-state index in [-0.39, 0.29) is 37.3 Å². The van der Waals surface area contributed by atoms with Crippen molar-refractivity contribution in [2.45, 2.75) is 57.9 Å². The summed E-state index contributed by atoms with van der Waals surface area (Å²) in [4.78, 5) is 39.3. The quantitative estimate of drug-likeness (QED) is 0.714. The number of urea groups is 1. The molecule has 1 aromatic carbocycles. The van der Waals surface area contributed by atoms with Crippen molar-refractivity contribution in [2.24, 2.45) is 17.8 Å². The van der Waals surface area contributed by atoms with Gasteiger partial charge in [-0.3, -0.25) is 14.9 Å². The molecule has 0 radical (unpaired) electrons. The third-order valence-electron chi connectivity index (χ3n) is 6.47. The number of rotatable bonds is 5. The molecule has 162 valence electrons. The van der Waals surface area contributed by atoms with E-state index in [1.54, 1.807) is 4.90 Å². The molecule has 30 heavy (non-hydrogen) atoms. The Morgan fingerprint density at radius 3 is 2.40 bits per heavy atom. The predicted molar refractivity (Wildman–Crippen MR) is 101 cm³/mol. The Hall–Kier alpha value is -2.58. The minimum absolute atomic E-state index is 0.00289. The van der Waals surface area contributed by atoms with Gasteiger partial charge in [0.25, 0.3) is 5.91 Å². The van der Waals surface area contributed by atoms with Crippen LogP contribution in [-0.2, 0) is 28.9 Å². The van der Waals surface area contributed by atoms with Gasteiger partial charge in [-0.25, -0.2) is 4.79 Å². The zero-order valence-electron chi connectivity index (χ0n) is 16.8. The number of nitrogens with zero attached hydrogens (tertiary/aromatic N) is 1. The van der Waals surface area contributed by atoms with Crippen molar-refractivity contribution in [1.82, 2.24) is 15.5 Å². The van der Waals surface area contributed by atoms with Crippen LogP contribution in [0.1, 0.15) is 49.8 Å². The van der Waals surface area contributed by atoms with Crippen LogP contribution in [0.5, 0.6) is 0 Å². The number of hydrogen-bond donors (Lipinski definition) is 2. The van der Waals surface area contributed by atoms with Gasteiger partial charge in [-0.15, -0.1) is 0 Å². The molecule has 2 heterocycles. The number of halogens is 3. The molecule has 3 aliphatic rings. The van der Waals surface area contributed by atoms with Crippen LogP contribution in [0.2, 0.25) is 0 Å². The lowest BCUT2D eigenvalue weighted by molar-refractivity contribution is -0.139. The highest BCUT2D eigenvalue weighted by atomic mass is 19.4. The summed E-state index contributed by atoms with van der Waals surface area (Å²) in [6.45, 7) is 4.10. The number of alkyl halides is 3. The lowest BCUT2D eigenvalue weighted by atomic mass is 9.78. The molecule has 2 N–H and O–H groups in total. The third kappa shape index (κ3) is 3.54. The van der Waals surface area contributed by atoms with E-state index in [2.05, 4.69) is 10.6 Å². The second kappa shape index (κ2) is 6.99. The van der Waals surface area contributed by atoms with Crippen LogP contribution in [0.25, 0.3) is 0 Å². The standard InChI is InChI=1S/C21H24F3N3O3/c1-11(2)16(8-20(14-5-6-14)18(29)25-19(30)26-20)17(28)27-9-12-3-4-15(21(22,23)24)7-13(12)10-27/h3-4,7,11,14,16H,5-6,8-10H2,1-2H3,(H2,25,26,29,30)/t16?,20-/m0/s1. The van der Waals surface area contributed by atoms with Gasteiger partial charge in [0.2, 0.25) is 5.91 Å². The van der Waals surface area contributed by atoms with E-state index < -0.39 is 35.1 Å². The average molecular weight is 423 g/mol. The lowest BCUT2D eigenvalue weighted by Crippen LogP contribution is -2.52. The molecule has 1 saturated carbocycles. The molecule has 1 unspecified atom stereocenters. The number of fused-ring (bicyclic) bond motifs is 1. The van der Waals surface area contributed by atoms with Gasteiger partial charge in [-0.2, -0.15) is 13.2 Å². The van der Waals surface area contributed by atoms with Crippen molar-refractivity contribution < 1.29 is 27.6 Å². The smallest absolute Gasteiger partial charge is 0.334 e. The zero-order valence-corrected chi connectivity index (χ0v) is 16.8. The van der Waals surface area contributed by atoms with Crippen LogP contribution >= 0.6 is 0 Å². The molecule has 2 fully saturated rings. The summed E-state index contributed by atoms with van der Waals surface area (Å²) in [7, 11) is 0. The van der Waals surface area contributed by atoms with E-state index in [9.17, 15) is 27.6 Å². The van der Waals surface area contributed by atoms with E-state index >= 15 is 0 Å². The summed E-state index contributed by atoms with van der Waals surface area (Å²) in [6.07, 6.45) is -2.63. The largest absolute Gasteiger partial charge is 0.416 e. The van der Waals surface area contributed by atoms with Crippen LogP contribution in [0, 0.1) is 17.8 Å². The fourth-order valence-corrected chi connectivity index (χ4v) is 4.60. The summed E-state index contributed by atoms with van der Waals surface area (Å²) in [5, 5.41) is 5.05. The predicted octanol–water partition coefficient (Wildman–Crippen LogP) is 3.20. The van der Waals surface area contributed by atoms with Crippen molar-refractivity contribution in [3.8, 4) is 0 Å². The highest BCUT2D eigenvalue weighted by Crippen LogP contribution is 2.46. The van der Waals surface area contributed by atoms with Crippen molar-refractivity contribution in [1.29, 1.82) is 0 Å². The van der Waals surface area contributed by atoms with Crippen molar-refractivity contribution in [3.05, 3.63) is 34.9 Å². The summed E-state index contributed by atoms with van der Waals surface area (Å²) < 4.78 is 39.0. The number of carbonyl (C=O) groups excluding carboxylic acids is 3. The summed E-state index contributed by atoms with van der Waals surface area (Å²) >= 11 is 0. The molecule has 2 aliphatic heterocycles. The van der Waals surface area contributed by atoms with Crippen LogP contribution < -0.4 is 10.6 Å². The molecule has 1 aliphatic carbocycles. The number of imide groups is 1.